The summed E-state index contributed by atoms with van der Waals surface area (Å²) >= 11 is 0. The second-order valence-electron chi connectivity index (χ2n) is 2.75. The Kier molecular flexibility index (Phi) is 4.80. The number of benzene rings is 1. The van der Waals surface area contributed by atoms with E-state index in [2.05, 4.69) is 6.58 Å². The number of allylic oxidation sites excluding steroid dienone is 1. The molecule has 14 heavy (non-hydrogen) atoms. The highest BCUT2D eigenvalue weighted by Crippen LogP contribution is 2.20. The Balaban J connectivity index is 0.00000169. The maximum absolute atomic E-state index is 10.9. The molecule has 1 aromatic carbocycles. The molecule has 0 heterocycles. The summed E-state index contributed by atoms with van der Waals surface area (Å²) in [5.74, 6) is 0. The van der Waals surface area contributed by atoms with E-state index in [1.807, 2.05) is 0 Å². The summed E-state index contributed by atoms with van der Waals surface area (Å²) in [7, 11) is -4.14. The monoisotopic (exact) mass is 224 g/mol. The molecule has 0 atom stereocenters. The van der Waals surface area contributed by atoms with E-state index in [-0.39, 0.29) is 27.9 Å². The van der Waals surface area contributed by atoms with Crippen molar-refractivity contribution in [2.45, 2.75) is 11.8 Å². The van der Waals surface area contributed by atoms with Gasteiger partial charge in [-0.05, 0) is 24.1 Å². The standard InChI is InChI=1S/C9H10O3S.Mg.2H/c1-7(2)8-5-3-4-6-9(8)13(10,11)12;;;/h3-6H,1H2,2H3,(H,10,11,12);;;. The SMILES string of the molecule is C=C(C)c1ccccc1S(=O)(=O)O.[MgH2]. The van der Waals surface area contributed by atoms with E-state index in [9.17, 15) is 8.42 Å². The minimum Gasteiger partial charge on any atom is -0.282 e. The lowest BCUT2D eigenvalue weighted by atomic mass is 10.1. The lowest BCUT2D eigenvalue weighted by molar-refractivity contribution is 0.483. The van der Waals surface area contributed by atoms with Gasteiger partial charge < -0.3 is 0 Å². The van der Waals surface area contributed by atoms with Crippen LogP contribution in [0.4, 0.5) is 0 Å². The van der Waals surface area contributed by atoms with Crippen LogP contribution in [0.25, 0.3) is 5.57 Å². The highest BCUT2D eigenvalue weighted by Gasteiger charge is 2.14. The van der Waals surface area contributed by atoms with Gasteiger partial charge in [-0.1, -0.05) is 24.8 Å². The van der Waals surface area contributed by atoms with E-state index >= 15 is 0 Å². The van der Waals surface area contributed by atoms with Crippen molar-refractivity contribution in [3.05, 3.63) is 36.4 Å². The Bertz CT molecular complexity index is 437. The van der Waals surface area contributed by atoms with Crippen molar-refractivity contribution in [2.75, 3.05) is 0 Å². The average molecular weight is 225 g/mol. The molecule has 0 radical (unpaired) electrons. The van der Waals surface area contributed by atoms with Gasteiger partial charge in [-0.15, -0.1) is 0 Å². The zero-order valence-corrected chi connectivity index (χ0v) is 8.00. The Morgan fingerprint density at radius 3 is 2.21 bits per heavy atom. The molecule has 0 aliphatic carbocycles. The van der Waals surface area contributed by atoms with Crippen molar-refractivity contribution in [3.63, 3.8) is 0 Å². The van der Waals surface area contributed by atoms with Crippen LogP contribution in [-0.2, 0) is 10.1 Å². The molecule has 0 unspecified atom stereocenters. The zero-order chi connectivity index (χ0) is 10.1. The molecule has 1 N–H and O–H groups in total. The fourth-order valence-electron chi connectivity index (χ4n) is 1.04. The average Bonchev–Trinajstić information content (AvgIpc) is 2.03. The maximum atomic E-state index is 10.9. The molecule has 0 amide bonds. The van der Waals surface area contributed by atoms with Gasteiger partial charge in [-0.25, -0.2) is 0 Å². The molecule has 0 saturated heterocycles. The van der Waals surface area contributed by atoms with Crippen LogP contribution in [0.1, 0.15) is 12.5 Å². The highest BCUT2D eigenvalue weighted by molar-refractivity contribution is 7.85. The molecule has 0 spiro atoms. The quantitative estimate of drug-likeness (QED) is 0.604. The summed E-state index contributed by atoms with van der Waals surface area (Å²) < 4.78 is 30.6. The Morgan fingerprint density at radius 1 is 1.36 bits per heavy atom. The molecule has 0 bridgehead atoms. The van der Waals surface area contributed by atoms with Gasteiger partial charge in [0.25, 0.3) is 10.1 Å². The maximum Gasteiger partial charge on any atom is 0.316 e. The summed E-state index contributed by atoms with van der Waals surface area (Å²) in [6.45, 7) is 5.31. The van der Waals surface area contributed by atoms with Crippen LogP contribution >= 0.6 is 0 Å². The van der Waals surface area contributed by atoms with Crippen LogP contribution in [0.2, 0.25) is 0 Å². The predicted octanol–water partition coefficient (Wildman–Crippen LogP) is 1.05. The topological polar surface area (TPSA) is 54.4 Å². The van der Waals surface area contributed by atoms with Crippen LogP contribution < -0.4 is 0 Å². The molecule has 1 aromatic rings. The summed E-state index contributed by atoms with van der Waals surface area (Å²) in [5.41, 5.74) is 1.05. The van der Waals surface area contributed by atoms with Gasteiger partial charge in [0.15, 0.2) is 0 Å². The highest BCUT2D eigenvalue weighted by atomic mass is 32.2. The van der Waals surface area contributed by atoms with Gasteiger partial charge in [0.2, 0.25) is 0 Å². The lowest BCUT2D eigenvalue weighted by Crippen LogP contribution is -2.01. The summed E-state index contributed by atoms with van der Waals surface area (Å²) in [6.07, 6.45) is 0. The third-order valence-electron chi connectivity index (χ3n) is 1.62. The molecule has 0 saturated carbocycles. The van der Waals surface area contributed by atoms with Gasteiger partial charge >= 0.3 is 23.1 Å². The van der Waals surface area contributed by atoms with Crippen molar-refractivity contribution in [1.29, 1.82) is 0 Å². The summed E-state index contributed by atoms with van der Waals surface area (Å²) in [6, 6.07) is 6.19. The van der Waals surface area contributed by atoms with Gasteiger partial charge in [0, 0.05) is 0 Å². The minimum absolute atomic E-state index is 0. The first-order valence-electron chi connectivity index (χ1n) is 3.65. The number of hydrogen-bond donors (Lipinski definition) is 1. The Hall–Kier alpha value is -0.364. The van der Waals surface area contributed by atoms with Crippen molar-refractivity contribution in [2.24, 2.45) is 0 Å². The van der Waals surface area contributed by atoms with Crippen molar-refractivity contribution < 1.29 is 13.0 Å². The lowest BCUT2D eigenvalue weighted by Gasteiger charge is -2.04. The first-order valence-corrected chi connectivity index (χ1v) is 5.09. The van der Waals surface area contributed by atoms with Crippen molar-refractivity contribution >= 4 is 38.7 Å². The largest absolute Gasteiger partial charge is 0.316 e. The summed E-state index contributed by atoms with van der Waals surface area (Å²) in [4.78, 5) is -0.0949. The Labute approximate surface area is 99.7 Å². The number of rotatable bonds is 2. The Morgan fingerprint density at radius 2 is 1.86 bits per heavy atom. The molecular formula is C9H12MgO3S. The second-order valence-corrected chi connectivity index (χ2v) is 4.14. The van der Waals surface area contributed by atoms with Gasteiger partial charge in [-0.2, -0.15) is 8.42 Å². The van der Waals surface area contributed by atoms with E-state index in [1.165, 1.54) is 6.07 Å². The van der Waals surface area contributed by atoms with E-state index < -0.39 is 10.1 Å². The fraction of sp³-hybridized carbons (Fsp3) is 0.111. The molecule has 5 heteroatoms. The number of hydrogen-bond acceptors (Lipinski definition) is 2. The zero-order valence-electron chi connectivity index (χ0n) is 7.19. The van der Waals surface area contributed by atoms with Crippen LogP contribution in [0.5, 0.6) is 0 Å². The first kappa shape index (κ1) is 13.6. The predicted molar refractivity (Wildman–Crippen MR) is 59.5 cm³/mol. The second kappa shape index (κ2) is 4.93. The van der Waals surface area contributed by atoms with Crippen LogP contribution in [0, 0.1) is 0 Å². The van der Waals surface area contributed by atoms with Gasteiger partial charge in [0.05, 0.1) is 0 Å². The van der Waals surface area contributed by atoms with E-state index in [0.29, 0.717) is 11.1 Å². The van der Waals surface area contributed by atoms with Crippen LogP contribution in [0.3, 0.4) is 0 Å². The molecule has 74 valence electrons. The summed E-state index contributed by atoms with van der Waals surface area (Å²) in [5, 5.41) is 0. The third kappa shape index (κ3) is 3.09. The molecule has 1 rings (SSSR count). The normalized spacial score (nSPS) is 10.4. The molecule has 0 fully saturated rings. The smallest absolute Gasteiger partial charge is 0.282 e. The first-order chi connectivity index (χ1) is 5.93. The van der Waals surface area contributed by atoms with Gasteiger partial charge in [-0.3, -0.25) is 4.55 Å². The fourth-order valence-corrected chi connectivity index (χ4v) is 1.81. The molecule has 0 aliphatic rings. The molecule has 0 aliphatic heterocycles. The van der Waals surface area contributed by atoms with Gasteiger partial charge in [0.1, 0.15) is 4.90 Å². The third-order valence-corrected chi connectivity index (χ3v) is 2.54. The van der Waals surface area contributed by atoms with E-state index in [1.54, 1.807) is 25.1 Å². The van der Waals surface area contributed by atoms with Crippen LogP contribution in [-0.4, -0.2) is 36.0 Å². The molecular weight excluding hydrogens is 212 g/mol. The molecule has 0 aromatic heterocycles. The van der Waals surface area contributed by atoms with Crippen LogP contribution in [0.15, 0.2) is 35.7 Å². The van der Waals surface area contributed by atoms with E-state index in [0.717, 1.165) is 0 Å². The molecule has 3 nitrogen and oxygen atoms in total. The minimum atomic E-state index is -4.14. The van der Waals surface area contributed by atoms with E-state index in [4.69, 9.17) is 4.55 Å². The van der Waals surface area contributed by atoms with Crippen molar-refractivity contribution in [1.82, 2.24) is 0 Å². The van der Waals surface area contributed by atoms with Crippen molar-refractivity contribution in [3.8, 4) is 0 Å².